The number of nitrogens with zero attached hydrogens (tertiary/aromatic N) is 1. The largest absolute Gasteiger partial charge is 0.374 e. The number of ether oxygens (including phenoxy) is 1. The molecule has 0 radical (unpaired) electrons. The van der Waals surface area contributed by atoms with Gasteiger partial charge in [0.15, 0.2) is 0 Å². The van der Waals surface area contributed by atoms with Gasteiger partial charge in [-0.3, -0.25) is 4.79 Å². The zero-order valence-corrected chi connectivity index (χ0v) is 11.2. The summed E-state index contributed by atoms with van der Waals surface area (Å²) in [6.45, 7) is 3.59. The third kappa shape index (κ3) is 2.46. The molecule has 3 rings (SSSR count). The van der Waals surface area contributed by atoms with Crippen molar-refractivity contribution in [2.45, 2.75) is 57.6 Å². The van der Waals surface area contributed by atoms with E-state index < -0.39 is 0 Å². The van der Waals surface area contributed by atoms with Gasteiger partial charge >= 0.3 is 0 Å². The van der Waals surface area contributed by atoms with E-state index in [1.807, 2.05) is 6.08 Å². The van der Waals surface area contributed by atoms with Crippen LogP contribution in [0.1, 0.15) is 45.4 Å². The number of carbonyl (C=O) groups is 1. The van der Waals surface area contributed by atoms with Crippen molar-refractivity contribution in [2.24, 2.45) is 5.92 Å². The molecule has 2 saturated carbocycles. The highest BCUT2D eigenvalue weighted by Crippen LogP contribution is 2.36. The lowest BCUT2D eigenvalue weighted by molar-refractivity contribution is -0.144. The zero-order chi connectivity index (χ0) is 12.5. The Morgan fingerprint density at radius 3 is 2.78 bits per heavy atom. The lowest BCUT2D eigenvalue weighted by atomic mass is 9.90. The van der Waals surface area contributed by atoms with Crippen LogP contribution in [0.5, 0.6) is 0 Å². The van der Waals surface area contributed by atoms with Gasteiger partial charge in [0.2, 0.25) is 5.91 Å². The molecule has 0 aromatic rings. The molecule has 3 aliphatic rings. The number of allylic oxidation sites excluding steroid dienone is 1. The SMILES string of the molecule is C/C(=C/C(=O)N1CCO[C@@H]2CCCC[C@@H]21)C1CC1. The van der Waals surface area contributed by atoms with E-state index in [1.165, 1.54) is 31.3 Å². The first kappa shape index (κ1) is 12.2. The van der Waals surface area contributed by atoms with Crippen LogP contribution in [0.2, 0.25) is 0 Å². The topological polar surface area (TPSA) is 29.5 Å². The van der Waals surface area contributed by atoms with Gasteiger partial charge in [0.05, 0.1) is 18.8 Å². The summed E-state index contributed by atoms with van der Waals surface area (Å²) in [5.41, 5.74) is 1.28. The predicted molar refractivity (Wildman–Crippen MR) is 70.2 cm³/mol. The standard InChI is InChI=1S/C15H23NO2/c1-11(12-6-7-12)10-15(17)16-8-9-18-14-5-3-2-4-13(14)16/h10,12-14H,2-9H2,1H3/b11-10-/t13-,14+/m0/s1. The Hall–Kier alpha value is -0.830. The first-order valence-electron chi connectivity index (χ1n) is 7.36. The summed E-state index contributed by atoms with van der Waals surface area (Å²) in [6.07, 6.45) is 9.45. The molecule has 100 valence electrons. The summed E-state index contributed by atoms with van der Waals surface area (Å²) in [7, 11) is 0. The second-order valence-electron chi connectivity index (χ2n) is 5.96. The average Bonchev–Trinajstić information content (AvgIpc) is 3.22. The van der Waals surface area contributed by atoms with Crippen molar-refractivity contribution >= 4 is 5.91 Å². The van der Waals surface area contributed by atoms with Gasteiger partial charge in [-0.15, -0.1) is 0 Å². The monoisotopic (exact) mass is 249 g/mol. The molecular formula is C15H23NO2. The molecular weight excluding hydrogens is 226 g/mol. The maximum atomic E-state index is 12.4. The van der Waals surface area contributed by atoms with Crippen LogP contribution in [0.3, 0.4) is 0 Å². The van der Waals surface area contributed by atoms with Gasteiger partial charge in [-0.25, -0.2) is 0 Å². The first-order valence-corrected chi connectivity index (χ1v) is 7.36. The Labute approximate surface area is 109 Å². The number of hydrogen-bond acceptors (Lipinski definition) is 2. The van der Waals surface area contributed by atoms with Gasteiger partial charge in [0.25, 0.3) is 0 Å². The van der Waals surface area contributed by atoms with Crippen molar-refractivity contribution in [1.82, 2.24) is 4.90 Å². The summed E-state index contributed by atoms with van der Waals surface area (Å²) in [4.78, 5) is 14.5. The van der Waals surface area contributed by atoms with Gasteiger partial charge in [-0.2, -0.15) is 0 Å². The maximum Gasteiger partial charge on any atom is 0.246 e. The van der Waals surface area contributed by atoms with Crippen molar-refractivity contribution in [3.05, 3.63) is 11.6 Å². The normalized spacial score (nSPS) is 33.2. The molecule has 3 nitrogen and oxygen atoms in total. The quantitative estimate of drug-likeness (QED) is 0.704. The van der Waals surface area contributed by atoms with Crippen molar-refractivity contribution in [3.8, 4) is 0 Å². The molecule has 2 atom stereocenters. The molecule has 3 heteroatoms. The Morgan fingerprint density at radius 1 is 1.22 bits per heavy atom. The molecule has 1 heterocycles. The molecule has 0 aromatic carbocycles. The van der Waals surface area contributed by atoms with Crippen LogP contribution >= 0.6 is 0 Å². The number of amides is 1. The van der Waals surface area contributed by atoms with E-state index in [0.29, 0.717) is 24.7 Å². The van der Waals surface area contributed by atoms with Crippen molar-refractivity contribution in [3.63, 3.8) is 0 Å². The highest BCUT2D eigenvalue weighted by atomic mass is 16.5. The van der Waals surface area contributed by atoms with Crippen LogP contribution in [0.25, 0.3) is 0 Å². The van der Waals surface area contributed by atoms with E-state index in [1.54, 1.807) is 0 Å². The highest BCUT2D eigenvalue weighted by Gasteiger charge is 2.36. The van der Waals surface area contributed by atoms with Crippen molar-refractivity contribution in [1.29, 1.82) is 0 Å². The molecule has 1 aliphatic heterocycles. The minimum absolute atomic E-state index is 0.222. The fourth-order valence-electron chi connectivity index (χ4n) is 3.30. The van der Waals surface area contributed by atoms with Crippen molar-refractivity contribution in [2.75, 3.05) is 13.2 Å². The fraction of sp³-hybridized carbons (Fsp3) is 0.800. The second-order valence-corrected chi connectivity index (χ2v) is 5.96. The number of rotatable bonds is 2. The molecule has 1 amide bonds. The maximum absolute atomic E-state index is 12.4. The van der Waals surface area contributed by atoms with Gasteiger partial charge in [0, 0.05) is 12.6 Å². The molecule has 3 fully saturated rings. The Bertz CT molecular complexity index is 358. The Balaban J connectivity index is 1.69. The lowest BCUT2D eigenvalue weighted by Gasteiger charge is -2.43. The number of hydrogen-bond donors (Lipinski definition) is 0. The summed E-state index contributed by atoms with van der Waals surface area (Å²) in [5.74, 6) is 0.914. The number of morpholine rings is 1. The minimum Gasteiger partial charge on any atom is -0.374 e. The van der Waals surface area contributed by atoms with Crippen LogP contribution < -0.4 is 0 Å². The van der Waals surface area contributed by atoms with Crippen LogP contribution in [0.15, 0.2) is 11.6 Å². The summed E-state index contributed by atoms with van der Waals surface area (Å²) in [6, 6.07) is 0.336. The van der Waals surface area contributed by atoms with E-state index in [4.69, 9.17) is 4.74 Å². The van der Waals surface area contributed by atoms with Crippen LogP contribution in [0, 0.1) is 5.92 Å². The lowest BCUT2D eigenvalue weighted by Crippen LogP contribution is -2.54. The molecule has 0 aromatic heterocycles. The highest BCUT2D eigenvalue weighted by molar-refractivity contribution is 5.88. The van der Waals surface area contributed by atoms with Crippen LogP contribution in [-0.4, -0.2) is 36.1 Å². The first-order chi connectivity index (χ1) is 8.75. The second kappa shape index (κ2) is 5.04. The fourth-order valence-corrected chi connectivity index (χ4v) is 3.30. The average molecular weight is 249 g/mol. The third-order valence-electron chi connectivity index (χ3n) is 4.59. The zero-order valence-electron chi connectivity index (χ0n) is 11.2. The number of fused-ring (bicyclic) bond motifs is 1. The van der Waals surface area contributed by atoms with Gasteiger partial charge < -0.3 is 9.64 Å². The molecule has 18 heavy (non-hydrogen) atoms. The predicted octanol–water partition coefficient (Wildman–Crippen LogP) is 2.51. The molecule has 1 saturated heterocycles. The van der Waals surface area contributed by atoms with Crippen LogP contribution in [0.4, 0.5) is 0 Å². The van der Waals surface area contributed by atoms with Gasteiger partial charge in [-0.05, 0) is 38.5 Å². The minimum atomic E-state index is 0.222. The Morgan fingerprint density at radius 2 is 2.00 bits per heavy atom. The van der Waals surface area contributed by atoms with Gasteiger partial charge in [-0.1, -0.05) is 18.4 Å². The van der Waals surface area contributed by atoms with E-state index in [-0.39, 0.29) is 5.91 Å². The summed E-state index contributed by atoms with van der Waals surface area (Å²) < 4.78 is 5.81. The number of carbonyl (C=O) groups excluding carboxylic acids is 1. The molecule has 0 N–H and O–H groups in total. The Kier molecular flexibility index (Phi) is 3.42. The smallest absolute Gasteiger partial charge is 0.246 e. The van der Waals surface area contributed by atoms with Crippen LogP contribution in [-0.2, 0) is 9.53 Å². The van der Waals surface area contributed by atoms with E-state index in [2.05, 4.69) is 11.8 Å². The molecule has 2 aliphatic carbocycles. The van der Waals surface area contributed by atoms with Gasteiger partial charge in [0.1, 0.15) is 0 Å². The van der Waals surface area contributed by atoms with Crippen molar-refractivity contribution < 1.29 is 9.53 Å². The summed E-state index contributed by atoms with van der Waals surface area (Å²) in [5, 5.41) is 0. The summed E-state index contributed by atoms with van der Waals surface area (Å²) >= 11 is 0. The van der Waals surface area contributed by atoms with E-state index >= 15 is 0 Å². The van der Waals surface area contributed by atoms with E-state index in [9.17, 15) is 4.79 Å². The molecule has 0 unspecified atom stereocenters. The third-order valence-corrected chi connectivity index (χ3v) is 4.59. The molecule has 0 bridgehead atoms. The van der Waals surface area contributed by atoms with E-state index in [0.717, 1.165) is 19.4 Å². The molecule has 0 spiro atoms.